The first-order valence-electron chi connectivity index (χ1n) is 6.08. The van der Waals surface area contributed by atoms with Gasteiger partial charge in [-0.1, -0.05) is 0 Å². The van der Waals surface area contributed by atoms with Crippen molar-refractivity contribution < 1.29 is 9.90 Å². The number of carbonyl (C=O) groups is 1. The van der Waals surface area contributed by atoms with Crippen LogP contribution in [0.2, 0.25) is 0 Å². The highest BCUT2D eigenvalue weighted by atomic mass is 16.3. The third-order valence-corrected chi connectivity index (χ3v) is 3.46. The van der Waals surface area contributed by atoms with E-state index in [1.165, 1.54) is 6.42 Å². The fourth-order valence-corrected chi connectivity index (χ4v) is 2.27. The molecule has 0 spiro atoms. The molecule has 1 fully saturated rings. The van der Waals surface area contributed by atoms with Crippen molar-refractivity contribution in [2.24, 2.45) is 0 Å². The molecular formula is C12H19N3O2. The molecular weight excluding hydrogens is 218 g/mol. The van der Waals surface area contributed by atoms with Crippen LogP contribution in [-0.4, -0.2) is 45.3 Å². The van der Waals surface area contributed by atoms with Crippen LogP contribution in [0.5, 0.6) is 0 Å². The van der Waals surface area contributed by atoms with Crippen LogP contribution in [0.4, 0.5) is 0 Å². The Balaban J connectivity index is 2.21. The normalized spacial score (nSPS) is 15.7. The van der Waals surface area contributed by atoms with Crippen molar-refractivity contribution in [3.05, 3.63) is 17.0 Å². The molecule has 5 heteroatoms. The van der Waals surface area contributed by atoms with Gasteiger partial charge >= 0.3 is 0 Å². The zero-order valence-corrected chi connectivity index (χ0v) is 10.4. The molecule has 1 aromatic rings. The van der Waals surface area contributed by atoms with Crippen LogP contribution >= 0.6 is 0 Å². The summed E-state index contributed by atoms with van der Waals surface area (Å²) >= 11 is 0. The van der Waals surface area contributed by atoms with Crippen molar-refractivity contribution in [3.8, 4) is 0 Å². The van der Waals surface area contributed by atoms with Gasteiger partial charge in [0.1, 0.15) is 0 Å². The van der Waals surface area contributed by atoms with Crippen molar-refractivity contribution in [2.75, 3.05) is 13.2 Å². The van der Waals surface area contributed by atoms with Crippen LogP contribution < -0.4 is 0 Å². The lowest BCUT2D eigenvalue weighted by Gasteiger charge is -2.37. The minimum absolute atomic E-state index is 0.00694. The van der Waals surface area contributed by atoms with E-state index in [9.17, 15) is 4.79 Å². The number of nitrogens with one attached hydrogen (secondary N) is 1. The van der Waals surface area contributed by atoms with E-state index in [0.29, 0.717) is 18.2 Å². The summed E-state index contributed by atoms with van der Waals surface area (Å²) in [7, 11) is 0. The molecule has 1 aliphatic carbocycles. The van der Waals surface area contributed by atoms with Gasteiger partial charge in [-0.25, -0.2) is 0 Å². The molecule has 0 aliphatic heterocycles. The van der Waals surface area contributed by atoms with E-state index in [4.69, 9.17) is 5.11 Å². The van der Waals surface area contributed by atoms with Gasteiger partial charge in [-0.15, -0.1) is 0 Å². The van der Waals surface area contributed by atoms with Crippen molar-refractivity contribution in [1.29, 1.82) is 0 Å². The molecule has 0 atom stereocenters. The number of aliphatic hydroxyl groups excluding tert-OH is 1. The number of carbonyl (C=O) groups excluding carboxylic acids is 1. The molecule has 0 unspecified atom stereocenters. The second-order valence-corrected chi connectivity index (χ2v) is 4.62. The first kappa shape index (κ1) is 12.1. The summed E-state index contributed by atoms with van der Waals surface area (Å²) in [5, 5.41) is 16.0. The smallest absolute Gasteiger partial charge is 0.257 e. The average molecular weight is 237 g/mol. The summed E-state index contributed by atoms with van der Waals surface area (Å²) in [5.41, 5.74) is 2.19. The lowest BCUT2D eigenvalue weighted by atomic mass is 9.91. The molecule has 0 saturated heterocycles. The van der Waals surface area contributed by atoms with Gasteiger partial charge in [0.05, 0.1) is 17.9 Å². The zero-order chi connectivity index (χ0) is 12.4. The van der Waals surface area contributed by atoms with E-state index in [-0.39, 0.29) is 12.5 Å². The molecule has 94 valence electrons. The quantitative estimate of drug-likeness (QED) is 0.821. The molecule has 1 aromatic heterocycles. The molecule has 0 bridgehead atoms. The Kier molecular flexibility index (Phi) is 3.47. The predicted octanol–water partition coefficient (Wildman–Crippen LogP) is 1.01. The topological polar surface area (TPSA) is 69.2 Å². The number of nitrogens with zero attached hydrogens (tertiary/aromatic N) is 2. The van der Waals surface area contributed by atoms with Gasteiger partial charge in [-0.05, 0) is 33.1 Å². The Labute approximate surface area is 101 Å². The van der Waals surface area contributed by atoms with Gasteiger partial charge in [0.2, 0.25) is 0 Å². The fourth-order valence-electron chi connectivity index (χ4n) is 2.27. The van der Waals surface area contributed by atoms with Crippen molar-refractivity contribution in [1.82, 2.24) is 15.1 Å². The summed E-state index contributed by atoms with van der Waals surface area (Å²) in [6, 6.07) is 0.295. The number of H-pyrrole nitrogens is 1. The first-order chi connectivity index (χ1) is 8.15. The molecule has 2 N–H and O–H groups in total. The zero-order valence-electron chi connectivity index (χ0n) is 10.4. The minimum atomic E-state index is -0.00694. The number of amides is 1. The monoisotopic (exact) mass is 237 g/mol. The highest BCUT2D eigenvalue weighted by Crippen LogP contribution is 2.26. The fraction of sp³-hybridized carbons (Fsp3) is 0.667. The van der Waals surface area contributed by atoms with Gasteiger partial charge in [0, 0.05) is 18.3 Å². The SMILES string of the molecule is Cc1n[nH]c(C)c1C(=O)N(CCO)C1CCC1. The molecule has 1 heterocycles. The van der Waals surface area contributed by atoms with Crippen molar-refractivity contribution in [3.63, 3.8) is 0 Å². The maximum Gasteiger partial charge on any atom is 0.257 e. The second kappa shape index (κ2) is 4.87. The Bertz CT molecular complexity index is 390. The standard InChI is InChI=1S/C12H19N3O2/c1-8-11(9(2)14-13-8)12(17)15(6-7-16)10-4-3-5-10/h10,16H,3-7H2,1-2H3,(H,13,14). The van der Waals surface area contributed by atoms with E-state index < -0.39 is 0 Å². The molecule has 1 saturated carbocycles. The second-order valence-electron chi connectivity index (χ2n) is 4.62. The van der Waals surface area contributed by atoms with E-state index in [1.807, 2.05) is 13.8 Å². The summed E-state index contributed by atoms with van der Waals surface area (Å²) in [6.07, 6.45) is 3.26. The average Bonchev–Trinajstić information content (AvgIpc) is 2.54. The van der Waals surface area contributed by atoms with E-state index in [0.717, 1.165) is 24.2 Å². The molecule has 5 nitrogen and oxygen atoms in total. The van der Waals surface area contributed by atoms with Crippen molar-refractivity contribution >= 4 is 5.91 Å². The van der Waals surface area contributed by atoms with Crippen LogP contribution in [0.15, 0.2) is 0 Å². The Morgan fingerprint density at radius 1 is 1.53 bits per heavy atom. The first-order valence-corrected chi connectivity index (χ1v) is 6.08. The number of aliphatic hydroxyl groups is 1. The third-order valence-electron chi connectivity index (χ3n) is 3.46. The lowest BCUT2D eigenvalue weighted by molar-refractivity contribution is 0.0524. The Morgan fingerprint density at radius 2 is 2.24 bits per heavy atom. The van der Waals surface area contributed by atoms with Gasteiger partial charge in [0.15, 0.2) is 0 Å². The van der Waals surface area contributed by atoms with Gasteiger partial charge < -0.3 is 10.0 Å². The summed E-state index contributed by atoms with van der Waals surface area (Å²) < 4.78 is 0. The minimum Gasteiger partial charge on any atom is -0.395 e. The van der Waals surface area contributed by atoms with Crippen molar-refractivity contribution in [2.45, 2.75) is 39.2 Å². The predicted molar refractivity (Wildman–Crippen MR) is 63.8 cm³/mol. The van der Waals surface area contributed by atoms with Gasteiger partial charge in [-0.3, -0.25) is 9.89 Å². The number of hydrogen-bond donors (Lipinski definition) is 2. The molecule has 17 heavy (non-hydrogen) atoms. The van der Waals surface area contributed by atoms with E-state index in [2.05, 4.69) is 10.2 Å². The van der Waals surface area contributed by atoms with Gasteiger partial charge in [-0.2, -0.15) is 5.10 Å². The molecule has 1 amide bonds. The van der Waals surface area contributed by atoms with Gasteiger partial charge in [0.25, 0.3) is 5.91 Å². The van der Waals surface area contributed by atoms with Crippen LogP contribution in [0.1, 0.15) is 41.0 Å². The Hall–Kier alpha value is -1.36. The largest absolute Gasteiger partial charge is 0.395 e. The number of aromatic amines is 1. The number of aryl methyl sites for hydroxylation is 2. The molecule has 0 radical (unpaired) electrons. The molecule has 1 aliphatic rings. The molecule has 0 aromatic carbocycles. The molecule has 2 rings (SSSR count). The maximum atomic E-state index is 12.4. The van der Waals surface area contributed by atoms with E-state index in [1.54, 1.807) is 4.90 Å². The highest BCUT2D eigenvalue weighted by Gasteiger charge is 2.31. The Morgan fingerprint density at radius 3 is 2.65 bits per heavy atom. The number of hydrogen-bond acceptors (Lipinski definition) is 3. The summed E-state index contributed by atoms with van der Waals surface area (Å²) in [6.45, 7) is 4.10. The number of rotatable bonds is 4. The number of aromatic nitrogens is 2. The third kappa shape index (κ3) is 2.20. The van der Waals surface area contributed by atoms with Crippen LogP contribution in [0.25, 0.3) is 0 Å². The lowest BCUT2D eigenvalue weighted by Crippen LogP contribution is -2.45. The summed E-state index contributed by atoms with van der Waals surface area (Å²) in [4.78, 5) is 14.2. The van der Waals surface area contributed by atoms with E-state index >= 15 is 0 Å². The van der Waals surface area contributed by atoms with Crippen LogP contribution in [-0.2, 0) is 0 Å². The van der Waals surface area contributed by atoms with Crippen LogP contribution in [0, 0.1) is 13.8 Å². The maximum absolute atomic E-state index is 12.4. The van der Waals surface area contributed by atoms with Crippen LogP contribution in [0.3, 0.4) is 0 Å². The summed E-state index contributed by atoms with van der Waals surface area (Å²) in [5.74, 6) is -0.00694. The highest BCUT2D eigenvalue weighted by molar-refractivity contribution is 5.96.